The van der Waals surface area contributed by atoms with E-state index in [0.717, 1.165) is 0 Å². The lowest BCUT2D eigenvalue weighted by Gasteiger charge is -2.23. The van der Waals surface area contributed by atoms with Gasteiger partial charge in [0, 0.05) is 24.8 Å². The monoisotopic (exact) mass is 390 g/mol. The van der Waals surface area contributed by atoms with Crippen molar-refractivity contribution in [1.29, 1.82) is 0 Å². The first-order valence-corrected chi connectivity index (χ1v) is 10.2. The highest BCUT2D eigenvalue weighted by Gasteiger charge is 2.31. The summed E-state index contributed by atoms with van der Waals surface area (Å²) in [5, 5.41) is 2.73. The van der Waals surface area contributed by atoms with E-state index in [1.807, 2.05) is 0 Å². The summed E-state index contributed by atoms with van der Waals surface area (Å²) in [6.45, 7) is 0.162. The third-order valence-electron chi connectivity index (χ3n) is 4.62. The fraction of sp³-hybridized carbons (Fsp3) is 0.353. The molecule has 2 aromatic rings. The Morgan fingerprint density at radius 1 is 1.22 bits per heavy atom. The highest BCUT2D eigenvalue weighted by atomic mass is 32.2. The highest BCUT2D eigenvalue weighted by Crippen LogP contribution is 2.34. The number of ether oxygens (including phenoxy) is 2. The summed E-state index contributed by atoms with van der Waals surface area (Å²) in [5.74, 6) is 1.62. The molecule has 2 aliphatic heterocycles. The highest BCUT2D eigenvalue weighted by molar-refractivity contribution is 7.91. The number of anilines is 2. The van der Waals surface area contributed by atoms with Gasteiger partial charge in [0.1, 0.15) is 11.5 Å². The number of carbonyl (C=O) groups is 1. The Balaban J connectivity index is 1.43. The van der Waals surface area contributed by atoms with Crippen molar-refractivity contribution in [3.8, 4) is 11.5 Å². The maximum atomic E-state index is 12.4. The van der Waals surface area contributed by atoms with E-state index in [4.69, 9.17) is 9.47 Å². The van der Waals surface area contributed by atoms with Gasteiger partial charge in [-0.2, -0.15) is 0 Å². The van der Waals surface area contributed by atoms with Crippen molar-refractivity contribution in [3.05, 3.63) is 36.3 Å². The zero-order valence-corrected chi connectivity index (χ0v) is 15.4. The van der Waals surface area contributed by atoms with Gasteiger partial charge in [0.25, 0.3) is 5.91 Å². The van der Waals surface area contributed by atoms with Crippen LogP contribution in [0.25, 0.3) is 0 Å². The molecule has 1 amide bonds. The average Bonchev–Trinajstić information content (AvgIpc) is 3.26. The van der Waals surface area contributed by atoms with Crippen LogP contribution in [0.4, 0.5) is 11.5 Å². The molecule has 1 atom stereocenters. The van der Waals surface area contributed by atoms with Crippen molar-refractivity contribution < 1.29 is 22.7 Å². The van der Waals surface area contributed by atoms with Gasteiger partial charge in [0.15, 0.2) is 21.3 Å². The predicted octanol–water partition coefficient (Wildman–Crippen LogP) is 1.08. The largest absolute Gasteiger partial charge is 0.454 e. The number of rotatable bonds is 4. The van der Waals surface area contributed by atoms with Crippen molar-refractivity contribution in [2.24, 2.45) is 0 Å². The van der Waals surface area contributed by atoms with Crippen LogP contribution in [-0.2, 0) is 9.84 Å². The number of benzene rings is 1. The van der Waals surface area contributed by atoms with Crippen molar-refractivity contribution >= 4 is 27.2 Å². The third-order valence-corrected chi connectivity index (χ3v) is 6.37. The first kappa shape index (κ1) is 17.5. The Morgan fingerprint density at radius 2 is 2.04 bits per heavy atom. The lowest BCUT2D eigenvalue weighted by atomic mass is 10.2. The Kier molecular flexibility index (Phi) is 4.34. The van der Waals surface area contributed by atoms with Crippen LogP contribution in [0.3, 0.4) is 0 Å². The molecule has 4 rings (SSSR count). The van der Waals surface area contributed by atoms with Gasteiger partial charge in [-0.3, -0.25) is 4.79 Å². The number of sulfone groups is 1. The van der Waals surface area contributed by atoms with Gasteiger partial charge in [-0.25, -0.2) is 18.4 Å². The topological polar surface area (TPSA) is 111 Å². The maximum absolute atomic E-state index is 12.4. The van der Waals surface area contributed by atoms with Crippen LogP contribution >= 0.6 is 0 Å². The molecule has 1 saturated heterocycles. The summed E-state index contributed by atoms with van der Waals surface area (Å²) >= 11 is 0. The van der Waals surface area contributed by atoms with Gasteiger partial charge < -0.3 is 19.7 Å². The van der Waals surface area contributed by atoms with E-state index in [0.29, 0.717) is 29.4 Å². The van der Waals surface area contributed by atoms with Crippen LogP contribution in [0.5, 0.6) is 11.5 Å². The normalized spacial score (nSPS) is 19.7. The van der Waals surface area contributed by atoms with Gasteiger partial charge >= 0.3 is 0 Å². The van der Waals surface area contributed by atoms with Crippen LogP contribution < -0.4 is 19.7 Å². The SMILES string of the molecule is CN(c1cnc(C(=O)Nc2ccc3c(c2)OCO3)cn1)C1CCS(=O)(=O)C1. The molecule has 3 heterocycles. The molecule has 0 aliphatic carbocycles. The van der Waals surface area contributed by atoms with Crippen molar-refractivity contribution in [2.45, 2.75) is 12.5 Å². The fourth-order valence-corrected chi connectivity index (χ4v) is 4.83. The Hall–Kier alpha value is -2.88. The minimum atomic E-state index is -2.98. The first-order chi connectivity index (χ1) is 12.9. The van der Waals surface area contributed by atoms with Gasteiger partial charge in [-0.1, -0.05) is 0 Å². The average molecular weight is 390 g/mol. The zero-order valence-electron chi connectivity index (χ0n) is 14.6. The fourth-order valence-electron chi connectivity index (χ4n) is 3.06. The first-order valence-electron chi connectivity index (χ1n) is 8.37. The predicted molar refractivity (Wildman–Crippen MR) is 98.0 cm³/mol. The molecular weight excluding hydrogens is 372 g/mol. The van der Waals surface area contributed by atoms with Gasteiger partial charge in [0.2, 0.25) is 6.79 Å². The van der Waals surface area contributed by atoms with E-state index in [2.05, 4.69) is 15.3 Å². The number of nitrogens with one attached hydrogen (secondary N) is 1. The summed E-state index contributed by atoms with van der Waals surface area (Å²) < 4.78 is 33.8. The number of nitrogens with zero attached hydrogens (tertiary/aromatic N) is 3. The molecule has 0 radical (unpaired) electrons. The molecule has 10 heteroatoms. The lowest BCUT2D eigenvalue weighted by molar-refractivity contribution is 0.102. The molecule has 27 heavy (non-hydrogen) atoms. The number of hydrogen-bond acceptors (Lipinski definition) is 8. The quantitative estimate of drug-likeness (QED) is 0.826. The molecule has 0 spiro atoms. The van der Waals surface area contributed by atoms with E-state index in [1.54, 1.807) is 30.1 Å². The summed E-state index contributed by atoms with van der Waals surface area (Å²) in [4.78, 5) is 22.6. The van der Waals surface area contributed by atoms with Gasteiger partial charge in [-0.15, -0.1) is 0 Å². The molecule has 0 bridgehead atoms. The molecule has 2 aliphatic rings. The molecule has 142 valence electrons. The molecule has 1 aromatic carbocycles. The Bertz CT molecular complexity index is 977. The number of carbonyl (C=O) groups excluding carboxylic acids is 1. The van der Waals surface area contributed by atoms with Crippen molar-refractivity contribution in [3.63, 3.8) is 0 Å². The van der Waals surface area contributed by atoms with Crippen LogP contribution in [0.2, 0.25) is 0 Å². The second-order valence-corrected chi connectivity index (χ2v) is 8.68. The molecule has 1 N–H and O–H groups in total. The molecule has 1 aromatic heterocycles. The van der Waals surface area contributed by atoms with Crippen molar-refractivity contribution in [1.82, 2.24) is 9.97 Å². The lowest BCUT2D eigenvalue weighted by Crippen LogP contribution is -2.33. The van der Waals surface area contributed by atoms with E-state index >= 15 is 0 Å². The number of aromatic nitrogens is 2. The molecule has 9 nitrogen and oxygen atoms in total. The number of amides is 1. The maximum Gasteiger partial charge on any atom is 0.275 e. The van der Waals surface area contributed by atoms with Crippen LogP contribution in [0, 0.1) is 0 Å². The summed E-state index contributed by atoms with van der Waals surface area (Å²) in [6, 6.07) is 4.98. The number of hydrogen-bond donors (Lipinski definition) is 1. The van der Waals surface area contributed by atoms with Gasteiger partial charge in [0.05, 0.1) is 23.9 Å². The van der Waals surface area contributed by atoms with Crippen molar-refractivity contribution in [2.75, 3.05) is 35.6 Å². The summed E-state index contributed by atoms with van der Waals surface area (Å²) in [7, 11) is -1.20. The summed E-state index contributed by atoms with van der Waals surface area (Å²) in [6.07, 6.45) is 3.41. The minimum absolute atomic E-state index is 0.109. The molecular formula is C17H18N4O5S. The third kappa shape index (κ3) is 3.65. The van der Waals surface area contributed by atoms with Crippen LogP contribution in [-0.4, -0.2) is 55.7 Å². The van der Waals surface area contributed by atoms with Gasteiger partial charge in [-0.05, 0) is 18.6 Å². The summed E-state index contributed by atoms with van der Waals surface area (Å²) in [5.41, 5.74) is 0.715. The van der Waals surface area contributed by atoms with E-state index in [1.165, 1.54) is 12.4 Å². The minimum Gasteiger partial charge on any atom is -0.454 e. The molecule has 1 fully saturated rings. The van der Waals surface area contributed by atoms with E-state index < -0.39 is 15.7 Å². The van der Waals surface area contributed by atoms with E-state index in [9.17, 15) is 13.2 Å². The second kappa shape index (κ2) is 6.69. The zero-order chi connectivity index (χ0) is 19.0. The van der Waals surface area contributed by atoms with Crippen LogP contribution in [0.1, 0.15) is 16.9 Å². The second-order valence-electron chi connectivity index (χ2n) is 6.45. The molecule has 1 unspecified atom stereocenters. The number of fused-ring (bicyclic) bond motifs is 1. The standard InChI is InChI=1S/C17H18N4O5S/c1-21(12-4-5-27(23,24)9-12)16-8-18-13(7-19-16)17(22)20-11-2-3-14-15(6-11)26-10-25-14/h2-3,6-8,12H,4-5,9-10H2,1H3,(H,20,22). The van der Waals surface area contributed by atoms with E-state index in [-0.39, 0.29) is 30.0 Å². The Morgan fingerprint density at radius 3 is 2.74 bits per heavy atom. The Labute approximate surface area is 156 Å². The molecule has 0 saturated carbocycles. The smallest absolute Gasteiger partial charge is 0.275 e. The van der Waals surface area contributed by atoms with Crippen LogP contribution in [0.15, 0.2) is 30.6 Å².